The van der Waals surface area contributed by atoms with Gasteiger partial charge < -0.3 is 5.73 Å². The fourth-order valence-electron chi connectivity index (χ4n) is 2.27. The Morgan fingerprint density at radius 2 is 2.00 bits per heavy atom. The molecule has 0 spiro atoms. The first-order chi connectivity index (χ1) is 8.28. The lowest BCUT2D eigenvalue weighted by Gasteiger charge is -2.34. The quantitative estimate of drug-likeness (QED) is 0.898. The number of nitrogens with one attached hydrogen (secondary N) is 1. The molecule has 1 aromatic rings. The maximum Gasteiger partial charge on any atom is 0.250 e. The molecule has 1 aliphatic carbocycles. The van der Waals surface area contributed by atoms with E-state index in [1.165, 1.54) is 17.4 Å². The fraction of sp³-hybridized carbons (Fsp3) is 0.667. The molecule has 0 aliphatic heterocycles. The molecule has 1 aromatic heterocycles. The zero-order valence-electron chi connectivity index (χ0n) is 10.8. The monoisotopic (exact) mass is 288 g/mol. The van der Waals surface area contributed by atoms with Gasteiger partial charge in [0.05, 0.1) is 0 Å². The number of nitrogens with two attached hydrogens (primary N) is 1. The Kier molecular flexibility index (Phi) is 3.71. The van der Waals surface area contributed by atoms with E-state index in [2.05, 4.69) is 18.6 Å². The van der Waals surface area contributed by atoms with Gasteiger partial charge in [-0.15, -0.1) is 11.3 Å². The summed E-state index contributed by atoms with van der Waals surface area (Å²) in [6.45, 7) is 4.47. The summed E-state index contributed by atoms with van der Waals surface area (Å²) in [6, 6.07) is 1.58. The van der Waals surface area contributed by atoms with Gasteiger partial charge in [-0.3, -0.25) is 0 Å². The molecule has 0 amide bonds. The van der Waals surface area contributed by atoms with Gasteiger partial charge in [0.25, 0.3) is 0 Å². The van der Waals surface area contributed by atoms with Crippen LogP contribution in [0.4, 0.5) is 5.69 Å². The summed E-state index contributed by atoms with van der Waals surface area (Å²) in [4.78, 5) is 0. The van der Waals surface area contributed by atoms with E-state index in [1.54, 1.807) is 5.38 Å². The molecule has 3 N–H and O–H groups in total. The number of anilines is 1. The van der Waals surface area contributed by atoms with E-state index in [0.717, 1.165) is 25.7 Å². The number of nitrogen functional groups attached to an aromatic ring is 1. The number of rotatable bonds is 3. The van der Waals surface area contributed by atoms with Crippen molar-refractivity contribution >= 4 is 27.0 Å². The summed E-state index contributed by atoms with van der Waals surface area (Å²) in [7, 11) is -3.39. The Balaban J connectivity index is 2.02. The first-order valence-electron chi connectivity index (χ1n) is 6.15. The third-order valence-corrected chi connectivity index (χ3v) is 6.50. The van der Waals surface area contributed by atoms with Gasteiger partial charge in [-0.1, -0.05) is 13.8 Å². The standard InChI is InChI=1S/C12H20N2O2S2/c1-12(2)5-3-10(4-6-12)14-18(15,16)11-7-9(13)8-17-11/h7-8,10,14H,3-6,13H2,1-2H3. The fourth-order valence-corrected chi connectivity index (χ4v) is 4.67. The van der Waals surface area contributed by atoms with E-state index in [0.29, 0.717) is 15.3 Å². The van der Waals surface area contributed by atoms with Gasteiger partial charge >= 0.3 is 0 Å². The highest BCUT2D eigenvalue weighted by Gasteiger charge is 2.29. The van der Waals surface area contributed by atoms with Gasteiger partial charge in [-0.05, 0) is 37.2 Å². The zero-order chi connectivity index (χ0) is 13.4. The van der Waals surface area contributed by atoms with E-state index in [-0.39, 0.29) is 6.04 Å². The van der Waals surface area contributed by atoms with Crippen LogP contribution in [-0.4, -0.2) is 14.5 Å². The van der Waals surface area contributed by atoms with Crippen LogP contribution in [0.3, 0.4) is 0 Å². The normalized spacial score (nSPS) is 21.0. The number of sulfonamides is 1. The van der Waals surface area contributed by atoms with E-state index in [1.807, 2.05) is 0 Å². The molecule has 0 bridgehead atoms. The Morgan fingerprint density at radius 1 is 1.39 bits per heavy atom. The summed E-state index contributed by atoms with van der Waals surface area (Å²) in [5.74, 6) is 0. The topological polar surface area (TPSA) is 72.2 Å². The molecule has 2 rings (SSSR count). The minimum atomic E-state index is -3.39. The molecule has 1 saturated carbocycles. The summed E-state index contributed by atoms with van der Waals surface area (Å²) >= 11 is 1.17. The van der Waals surface area contributed by atoms with Crippen LogP contribution in [0.2, 0.25) is 0 Å². The first-order valence-corrected chi connectivity index (χ1v) is 8.51. The molecule has 0 saturated heterocycles. The van der Waals surface area contributed by atoms with Crippen LogP contribution in [0.15, 0.2) is 15.7 Å². The summed E-state index contributed by atoms with van der Waals surface area (Å²) in [5, 5.41) is 1.65. The van der Waals surface area contributed by atoms with Gasteiger partial charge in [-0.2, -0.15) is 0 Å². The second-order valence-electron chi connectivity index (χ2n) is 5.76. The van der Waals surface area contributed by atoms with Crippen molar-refractivity contribution in [2.45, 2.75) is 49.8 Å². The van der Waals surface area contributed by atoms with Crippen molar-refractivity contribution in [2.24, 2.45) is 5.41 Å². The van der Waals surface area contributed by atoms with E-state index >= 15 is 0 Å². The van der Waals surface area contributed by atoms with Crippen molar-refractivity contribution in [1.29, 1.82) is 0 Å². The zero-order valence-corrected chi connectivity index (χ0v) is 12.4. The Labute approximate surface area is 113 Å². The first kappa shape index (κ1) is 13.8. The molecule has 0 atom stereocenters. The highest BCUT2D eigenvalue weighted by Crippen LogP contribution is 2.35. The molecule has 0 unspecified atom stereocenters. The van der Waals surface area contributed by atoms with Crippen molar-refractivity contribution in [3.63, 3.8) is 0 Å². The third-order valence-electron chi connectivity index (χ3n) is 3.52. The minimum Gasteiger partial charge on any atom is -0.398 e. The van der Waals surface area contributed by atoms with Gasteiger partial charge in [0.2, 0.25) is 10.0 Å². The van der Waals surface area contributed by atoms with E-state index in [9.17, 15) is 8.42 Å². The van der Waals surface area contributed by atoms with Crippen LogP contribution >= 0.6 is 11.3 Å². The van der Waals surface area contributed by atoms with Crippen molar-refractivity contribution in [3.05, 3.63) is 11.4 Å². The van der Waals surface area contributed by atoms with Crippen molar-refractivity contribution in [2.75, 3.05) is 5.73 Å². The van der Waals surface area contributed by atoms with Crippen LogP contribution in [0, 0.1) is 5.41 Å². The predicted octanol–water partition coefficient (Wildman–Crippen LogP) is 2.58. The number of hydrogen-bond acceptors (Lipinski definition) is 4. The molecule has 102 valence electrons. The van der Waals surface area contributed by atoms with E-state index < -0.39 is 10.0 Å². The van der Waals surface area contributed by atoms with Crippen LogP contribution in [0.5, 0.6) is 0 Å². The molecular weight excluding hydrogens is 268 g/mol. The van der Waals surface area contributed by atoms with E-state index in [4.69, 9.17) is 5.73 Å². The molecule has 1 fully saturated rings. The van der Waals surface area contributed by atoms with Crippen molar-refractivity contribution in [3.8, 4) is 0 Å². The molecular formula is C12H20N2O2S2. The largest absolute Gasteiger partial charge is 0.398 e. The number of hydrogen-bond donors (Lipinski definition) is 2. The van der Waals surface area contributed by atoms with Gasteiger partial charge in [0, 0.05) is 17.1 Å². The lowest BCUT2D eigenvalue weighted by Crippen LogP contribution is -2.38. The van der Waals surface area contributed by atoms with Gasteiger partial charge in [0.15, 0.2) is 0 Å². The highest BCUT2D eigenvalue weighted by atomic mass is 32.2. The molecule has 6 heteroatoms. The van der Waals surface area contributed by atoms with Crippen molar-refractivity contribution in [1.82, 2.24) is 4.72 Å². The van der Waals surface area contributed by atoms with Crippen LogP contribution in [0.1, 0.15) is 39.5 Å². The summed E-state index contributed by atoms with van der Waals surface area (Å²) in [6.07, 6.45) is 3.94. The molecule has 4 nitrogen and oxygen atoms in total. The Hall–Kier alpha value is -0.590. The maximum atomic E-state index is 12.1. The average Bonchev–Trinajstić information content (AvgIpc) is 2.69. The van der Waals surface area contributed by atoms with Crippen LogP contribution in [0.25, 0.3) is 0 Å². The summed E-state index contributed by atoms with van der Waals surface area (Å²) in [5.41, 5.74) is 6.41. The average molecular weight is 288 g/mol. The van der Waals surface area contributed by atoms with Crippen LogP contribution < -0.4 is 10.5 Å². The molecule has 0 radical (unpaired) electrons. The Morgan fingerprint density at radius 3 is 2.50 bits per heavy atom. The lowest BCUT2D eigenvalue weighted by atomic mass is 9.76. The molecule has 0 aromatic carbocycles. The molecule has 1 aliphatic rings. The second kappa shape index (κ2) is 4.83. The van der Waals surface area contributed by atoms with Crippen LogP contribution in [-0.2, 0) is 10.0 Å². The predicted molar refractivity (Wildman–Crippen MR) is 75.1 cm³/mol. The molecule has 18 heavy (non-hydrogen) atoms. The van der Waals surface area contributed by atoms with Gasteiger partial charge in [-0.25, -0.2) is 13.1 Å². The SMILES string of the molecule is CC1(C)CCC(NS(=O)(=O)c2cc(N)cs2)CC1. The second-order valence-corrected chi connectivity index (χ2v) is 8.61. The smallest absolute Gasteiger partial charge is 0.250 e. The number of thiophene rings is 1. The third kappa shape index (κ3) is 3.24. The summed E-state index contributed by atoms with van der Waals surface area (Å²) < 4.78 is 27.3. The Bertz CT molecular complexity index is 510. The van der Waals surface area contributed by atoms with Gasteiger partial charge in [0.1, 0.15) is 4.21 Å². The minimum absolute atomic E-state index is 0.0614. The maximum absolute atomic E-state index is 12.1. The molecule has 1 heterocycles. The lowest BCUT2D eigenvalue weighted by molar-refractivity contribution is 0.218. The van der Waals surface area contributed by atoms with Crippen molar-refractivity contribution < 1.29 is 8.42 Å². The highest BCUT2D eigenvalue weighted by molar-refractivity contribution is 7.91.